The van der Waals surface area contributed by atoms with E-state index in [2.05, 4.69) is 69.9 Å². The fourth-order valence-corrected chi connectivity index (χ4v) is 7.61. The Morgan fingerprint density at radius 2 is 1.76 bits per heavy atom. The van der Waals surface area contributed by atoms with E-state index in [0.717, 1.165) is 56.0 Å². The summed E-state index contributed by atoms with van der Waals surface area (Å²) in [5, 5.41) is 1.02. The van der Waals surface area contributed by atoms with Crippen molar-refractivity contribution in [2.24, 2.45) is 4.99 Å². The second-order valence-corrected chi connectivity index (χ2v) is 13.2. The Morgan fingerprint density at radius 3 is 2.54 bits per heavy atom. The number of aromatic nitrogens is 2. The summed E-state index contributed by atoms with van der Waals surface area (Å²) < 4.78 is 5.69. The van der Waals surface area contributed by atoms with Gasteiger partial charge in [-0.1, -0.05) is 86.9 Å². The minimum atomic E-state index is -0.200. The zero-order chi connectivity index (χ0) is 28.4. The van der Waals surface area contributed by atoms with Gasteiger partial charge >= 0.3 is 0 Å². The van der Waals surface area contributed by atoms with Crippen LogP contribution in [0.15, 0.2) is 92.6 Å². The molecule has 4 nitrogen and oxygen atoms in total. The van der Waals surface area contributed by atoms with Gasteiger partial charge in [0.25, 0.3) is 5.56 Å². The first-order chi connectivity index (χ1) is 19.8. The van der Waals surface area contributed by atoms with Crippen molar-refractivity contribution in [3.63, 3.8) is 0 Å². The van der Waals surface area contributed by atoms with E-state index >= 15 is 0 Å². The molecular weight excluding hydrogens is 637 g/mol. The standard InChI is InChI=1S/C33H24BrCl2N3OS/c1-18-15-22(19(2)38(18)24-12-14-27(35)28(36)17-24)16-29-32(40)39-31(21-7-10-23(34)11-8-21)26-13-9-20-5-3-4-6-25(20)30(26)37-33(39)41-29/h3-8,10-12,14-17,31H,9,13H2,1-2H3/b29-16+/t31-/m0/s1. The summed E-state index contributed by atoms with van der Waals surface area (Å²) in [4.78, 5) is 20.0. The van der Waals surface area contributed by atoms with Gasteiger partial charge in [-0.25, -0.2) is 4.99 Å². The molecule has 0 saturated carbocycles. The summed E-state index contributed by atoms with van der Waals surface area (Å²) >= 11 is 17.5. The molecule has 2 aromatic heterocycles. The number of hydrogen-bond donors (Lipinski definition) is 0. The molecule has 0 radical (unpaired) electrons. The molecular formula is C33H24BrCl2N3OS. The third-order valence-corrected chi connectivity index (χ3v) is 10.2. The van der Waals surface area contributed by atoms with E-state index in [9.17, 15) is 4.79 Å². The van der Waals surface area contributed by atoms with Gasteiger partial charge in [0.2, 0.25) is 0 Å². The first-order valence-corrected chi connectivity index (χ1v) is 15.7. The molecule has 2 aliphatic rings. The quantitative estimate of drug-likeness (QED) is 0.195. The molecule has 1 atom stereocenters. The fourth-order valence-electron chi connectivity index (χ4n) is 6.06. The predicted molar refractivity (Wildman–Crippen MR) is 172 cm³/mol. The second-order valence-electron chi connectivity index (χ2n) is 10.4. The van der Waals surface area contributed by atoms with E-state index in [1.54, 1.807) is 6.07 Å². The largest absolute Gasteiger partial charge is 0.318 e. The second kappa shape index (κ2) is 10.3. The van der Waals surface area contributed by atoms with Gasteiger partial charge in [0.15, 0.2) is 4.80 Å². The SMILES string of the molecule is Cc1cc(/C=c2/sc3n(c2=O)[C@@H](c2ccc(Br)cc2)C2=C(N=3)c3ccccc3CC2)c(C)n1-c1ccc(Cl)c(Cl)c1. The lowest BCUT2D eigenvalue weighted by atomic mass is 9.83. The molecule has 3 aromatic carbocycles. The normalized spacial score (nSPS) is 16.3. The van der Waals surface area contributed by atoms with E-state index < -0.39 is 0 Å². The van der Waals surface area contributed by atoms with Crippen LogP contribution in [0, 0.1) is 13.8 Å². The average molecular weight is 661 g/mol. The van der Waals surface area contributed by atoms with Gasteiger partial charge in [-0.3, -0.25) is 9.36 Å². The molecule has 1 aliphatic carbocycles. The van der Waals surface area contributed by atoms with Crippen molar-refractivity contribution in [3.05, 3.63) is 146 Å². The van der Waals surface area contributed by atoms with E-state index in [1.165, 1.54) is 28.0 Å². The molecule has 204 valence electrons. The molecule has 8 heteroatoms. The van der Waals surface area contributed by atoms with Crippen LogP contribution < -0.4 is 14.9 Å². The lowest BCUT2D eigenvalue weighted by molar-refractivity contribution is 0.585. The van der Waals surface area contributed by atoms with Crippen molar-refractivity contribution in [3.8, 4) is 5.69 Å². The number of nitrogens with zero attached hydrogens (tertiary/aromatic N) is 3. The summed E-state index contributed by atoms with van der Waals surface area (Å²) in [6, 6.07) is 24.3. The Morgan fingerprint density at radius 1 is 0.976 bits per heavy atom. The monoisotopic (exact) mass is 659 g/mol. The van der Waals surface area contributed by atoms with Crippen LogP contribution in [-0.2, 0) is 6.42 Å². The summed E-state index contributed by atoms with van der Waals surface area (Å²) in [5.41, 5.74) is 9.70. The maximum atomic E-state index is 14.2. The maximum Gasteiger partial charge on any atom is 0.271 e. The van der Waals surface area contributed by atoms with E-state index in [4.69, 9.17) is 28.2 Å². The summed E-state index contributed by atoms with van der Waals surface area (Å²) in [6.07, 6.45) is 3.80. The molecule has 3 heterocycles. The Kier molecular flexibility index (Phi) is 6.70. The van der Waals surface area contributed by atoms with Gasteiger partial charge in [-0.05, 0) is 91.4 Å². The molecule has 0 fully saturated rings. The molecule has 7 rings (SSSR count). The fraction of sp³-hybridized carbons (Fsp3) is 0.152. The summed E-state index contributed by atoms with van der Waals surface area (Å²) in [6.45, 7) is 4.10. The molecule has 1 aliphatic heterocycles. The molecule has 5 aromatic rings. The number of benzene rings is 3. The molecule has 0 spiro atoms. The molecule has 0 amide bonds. The molecule has 41 heavy (non-hydrogen) atoms. The van der Waals surface area contributed by atoms with Crippen LogP contribution in [-0.4, -0.2) is 9.13 Å². The number of thiazole rings is 1. The van der Waals surface area contributed by atoms with Gasteiger partial charge in [0.1, 0.15) is 0 Å². The number of rotatable bonds is 3. The highest BCUT2D eigenvalue weighted by Gasteiger charge is 2.32. The third kappa shape index (κ3) is 4.49. The van der Waals surface area contributed by atoms with Crippen molar-refractivity contribution in [2.75, 3.05) is 0 Å². The zero-order valence-electron chi connectivity index (χ0n) is 22.3. The van der Waals surface area contributed by atoms with E-state index in [1.807, 2.05) is 41.8 Å². The number of allylic oxidation sites excluding steroid dienone is 1. The Labute approximate surface area is 259 Å². The molecule has 0 unspecified atom stereocenters. The van der Waals surface area contributed by atoms with Gasteiger partial charge in [0.05, 0.1) is 26.3 Å². The zero-order valence-corrected chi connectivity index (χ0v) is 26.2. The van der Waals surface area contributed by atoms with Crippen molar-refractivity contribution in [2.45, 2.75) is 32.7 Å². The first-order valence-electron chi connectivity index (χ1n) is 13.3. The van der Waals surface area contributed by atoms with Crippen LogP contribution in [0.1, 0.15) is 46.1 Å². The lowest BCUT2D eigenvalue weighted by Crippen LogP contribution is -2.38. The highest BCUT2D eigenvalue weighted by Crippen LogP contribution is 2.41. The average Bonchev–Trinajstić information content (AvgIpc) is 3.43. The van der Waals surface area contributed by atoms with Crippen LogP contribution in [0.3, 0.4) is 0 Å². The van der Waals surface area contributed by atoms with E-state index in [0.29, 0.717) is 14.6 Å². The number of halogens is 3. The Bertz CT molecular complexity index is 2090. The smallest absolute Gasteiger partial charge is 0.271 e. The summed E-state index contributed by atoms with van der Waals surface area (Å²) in [5.74, 6) is 0. The number of hydrogen-bond acceptors (Lipinski definition) is 3. The van der Waals surface area contributed by atoms with Crippen molar-refractivity contribution >= 4 is 62.2 Å². The van der Waals surface area contributed by atoms with Gasteiger partial charge < -0.3 is 4.57 Å². The topological polar surface area (TPSA) is 39.3 Å². The van der Waals surface area contributed by atoms with Crippen LogP contribution in [0.2, 0.25) is 10.0 Å². The van der Waals surface area contributed by atoms with Crippen LogP contribution in [0.4, 0.5) is 0 Å². The van der Waals surface area contributed by atoms with Gasteiger partial charge in [-0.2, -0.15) is 0 Å². The van der Waals surface area contributed by atoms with Crippen molar-refractivity contribution in [1.82, 2.24) is 9.13 Å². The number of fused-ring (bicyclic) bond motifs is 3. The van der Waals surface area contributed by atoms with Crippen LogP contribution in [0.25, 0.3) is 17.5 Å². The first kappa shape index (κ1) is 26.7. The lowest BCUT2D eigenvalue weighted by Gasteiger charge is -2.30. The summed E-state index contributed by atoms with van der Waals surface area (Å²) in [7, 11) is 0. The van der Waals surface area contributed by atoms with Gasteiger partial charge in [-0.15, -0.1) is 0 Å². The third-order valence-electron chi connectivity index (χ3n) is 7.98. The Balaban J connectivity index is 1.43. The van der Waals surface area contributed by atoms with Gasteiger partial charge in [0, 0.05) is 27.1 Å². The minimum absolute atomic E-state index is 0.0218. The molecule has 0 bridgehead atoms. The van der Waals surface area contributed by atoms with E-state index in [-0.39, 0.29) is 11.6 Å². The molecule has 0 saturated heterocycles. The van der Waals surface area contributed by atoms with Crippen molar-refractivity contribution < 1.29 is 0 Å². The van der Waals surface area contributed by atoms with Crippen molar-refractivity contribution in [1.29, 1.82) is 0 Å². The predicted octanol–water partition coefficient (Wildman–Crippen LogP) is 7.80. The number of aryl methyl sites for hydroxylation is 2. The highest BCUT2D eigenvalue weighted by atomic mass is 79.9. The minimum Gasteiger partial charge on any atom is -0.318 e. The Hall–Kier alpha value is -3.16. The van der Waals surface area contributed by atoms with Crippen LogP contribution in [0.5, 0.6) is 0 Å². The van der Waals surface area contributed by atoms with Crippen LogP contribution >= 0.6 is 50.5 Å². The maximum absolute atomic E-state index is 14.2. The highest BCUT2D eigenvalue weighted by molar-refractivity contribution is 9.10. The molecule has 0 N–H and O–H groups in total.